The summed E-state index contributed by atoms with van der Waals surface area (Å²) in [6.07, 6.45) is 3.87. The van der Waals surface area contributed by atoms with Crippen LogP contribution in [0.4, 0.5) is 0 Å². The second kappa shape index (κ2) is 8.00. The summed E-state index contributed by atoms with van der Waals surface area (Å²) in [6.45, 7) is 15.3. The van der Waals surface area contributed by atoms with Crippen molar-refractivity contribution >= 4 is 16.5 Å². The van der Waals surface area contributed by atoms with Gasteiger partial charge in [-0.2, -0.15) is 0 Å². The molecular formula is C20H36O3Si. The van der Waals surface area contributed by atoms with Crippen LogP contribution in [0.15, 0.2) is 22.3 Å². The van der Waals surface area contributed by atoms with E-state index in [9.17, 15) is 4.79 Å². The summed E-state index contributed by atoms with van der Waals surface area (Å²) >= 11 is 0. The van der Waals surface area contributed by atoms with Crippen molar-refractivity contribution in [2.75, 3.05) is 7.11 Å². The Hall–Kier alpha value is -0.873. The molecule has 0 aromatic rings. The summed E-state index contributed by atoms with van der Waals surface area (Å²) in [5, 5.41) is 0. The summed E-state index contributed by atoms with van der Waals surface area (Å²) in [5.41, 5.74) is 4.50. The molecule has 1 aliphatic rings. The fraction of sp³-hybridized carbons (Fsp3) is 0.750. The average Bonchev–Trinajstić information content (AvgIpc) is 2.50. The van der Waals surface area contributed by atoms with E-state index in [4.69, 9.17) is 9.16 Å². The van der Waals surface area contributed by atoms with Crippen molar-refractivity contribution < 1.29 is 14.0 Å². The van der Waals surface area contributed by atoms with Gasteiger partial charge in [0.1, 0.15) is 15.9 Å². The highest BCUT2D eigenvalue weighted by molar-refractivity contribution is 5.99. The quantitative estimate of drug-likeness (QED) is 0.533. The number of esters is 1. The summed E-state index contributed by atoms with van der Waals surface area (Å²) < 4.78 is 11.3. The predicted octanol–water partition coefficient (Wildman–Crippen LogP) is 4.10. The maximum absolute atomic E-state index is 12.8. The normalized spacial score (nSPS) is 25.4. The van der Waals surface area contributed by atoms with Gasteiger partial charge in [0.15, 0.2) is 0 Å². The van der Waals surface area contributed by atoms with Crippen molar-refractivity contribution in [3.8, 4) is 0 Å². The largest absolute Gasteiger partial charge is 0.468 e. The van der Waals surface area contributed by atoms with Gasteiger partial charge in [0, 0.05) is 0 Å². The van der Waals surface area contributed by atoms with E-state index in [0.29, 0.717) is 10.5 Å². The second-order valence-corrected chi connectivity index (χ2v) is 8.53. The third kappa shape index (κ3) is 3.55. The van der Waals surface area contributed by atoms with E-state index in [0.717, 1.165) is 31.3 Å². The highest BCUT2D eigenvalue weighted by Gasteiger charge is 2.51. The molecule has 0 radical (unpaired) electrons. The van der Waals surface area contributed by atoms with Crippen LogP contribution in [0.3, 0.4) is 0 Å². The van der Waals surface area contributed by atoms with Crippen molar-refractivity contribution in [2.24, 2.45) is 10.8 Å². The molecule has 0 bridgehead atoms. The topological polar surface area (TPSA) is 35.5 Å². The first-order valence-corrected chi connectivity index (χ1v) is 9.98. The zero-order chi connectivity index (χ0) is 18.7. The van der Waals surface area contributed by atoms with Crippen LogP contribution in [0, 0.1) is 10.8 Å². The highest BCUT2D eigenvalue weighted by Crippen LogP contribution is 2.52. The Morgan fingerprint density at radius 2 is 1.75 bits per heavy atom. The summed E-state index contributed by atoms with van der Waals surface area (Å²) in [4.78, 5) is 12.8. The molecule has 0 spiro atoms. The first-order chi connectivity index (χ1) is 11.1. The molecule has 4 heteroatoms. The average molecular weight is 353 g/mol. The third-order valence-corrected chi connectivity index (χ3v) is 5.78. The van der Waals surface area contributed by atoms with Crippen molar-refractivity contribution in [3.05, 3.63) is 22.3 Å². The molecule has 3 nitrogen and oxygen atoms in total. The SMILES string of the molecule is CCCC1=C(C)C(C)(C(=O)OC)C(O[SiH3])C(CCC)=C1C(C)(C)C. The Labute approximate surface area is 151 Å². The van der Waals surface area contributed by atoms with Gasteiger partial charge < -0.3 is 9.16 Å². The van der Waals surface area contributed by atoms with Crippen LogP contribution in [-0.4, -0.2) is 29.7 Å². The van der Waals surface area contributed by atoms with Crippen LogP contribution in [0.25, 0.3) is 0 Å². The maximum Gasteiger partial charge on any atom is 0.318 e. The highest BCUT2D eigenvalue weighted by atomic mass is 28.2. The molecule has 0 fully saturated rings. The number of hydrogen-bond donors (Lipinski definition) is 0. The zero-order valence-corrected chi connectivity index (χ0v) is 19.1. The van der Waals surface area contributed by atoms with Gasteiger partial charge in [-0.15, -0.1) is 0 Å². The molecule has 1 aliphatic carbocycles. The molecule has 0 aromatic heterocycles. The van der Waals surface area contributed by atoms with Crippen LogP contribution in [0.5, 0.6) is 0 Å². The van der Waals surface area contributed by atoms with Crippen LogP contribution >= 0.6 is 0 Å². The molecule has 24 heavy (non-hydrogen) atoms. The van der Waals surface area contributed by atoms with E-state index >= 15 is 0 Å². The fourth-order valence-electron chi connectivity index (χ4n) is 4.24. The lowest BCUT2D eigenvalue weighted by atomic mass is 9.61. The first kappa shape index (κ1) is 21.2. The molecule has 0 saturated carbocycles. The van der Waals surface area contributed by atoms with Gasteiger partial charge in [0.25, 0.3) is 0 Å². The molecular weight excluding hydrogens is 316 g/mol. The molecule has 0 saturated heterocycles. The fourth-order valence-corrected chi connectivity index (χ4v) is 5.00. The lowest BCUT2D eigenvalue weighted by molar-refractivity contribution is -0.153. The Bertz CT molecular complexity index is 540. The van der Waals surface area contributed by atoms with Crippen molar-refractivity contribution in [1.82, 2.24) is 0 Å². The standard InChI is InChI=1S/C20H36O3Si/c1-9-11-14-13(3)20(7,18(21)22-8)17(23-24)15(12-10-2)16(14)19(4,5)6/h17H,9-12H2,1-8,24H3. The molecule has 0 aromatic carbocycles. The van der Waals surface area contributed by atoms with E-state index < -0.39 is 5.41 Å². The minimum absolute atomic E-state index is 0.0338. The van der Waals surface area contributed by atoms with E-state index in [-0.39, 0.29) is 17.5 Å². The molecule has 2 unspecified atom stereocenters. The Morgan fingerprint density at radius 3 is 2.12 bits per heavy atom. The summed E-state index contributed by atoms with van der Waals surface area (Å²) in [6, 6.07) is 0. The molecule has 0 aliphatic heterocycles. The van der Waals surface area contributed by atoms with Crippen LogP contribution in [0.2, 0.25) is 0 Å². The van der Waals surface area contributed by atoms with Gasteiger partial charge >= 0.3 is 5.97 Å². The van der Waals surface area contributed by atoms with E-state index in [2.05, 4.69) is 41.5 Å². The van der Waals surface area contributed by atoms with Crippen molar-refractivity contribution in [3.63, 3.8) is 0 Å². The minimum Gasteiger partial charge on any atom is -0.468 e. The van der Waals surface area contributed by atoms with Gasteiger partial charge in [-0.1, -0.05) is 53.0 Å². The van der Waals surface area contributed by atoms with E-state index in [1.807, 2.05) is 6.92 Å². The number of allylic oxidation sites excluding steroid dienone is 2. The maximum atomic E-state index is 12.8. The monoisotopic (exact) mass is 352 g/mol. The minimum atomic E-state index is -0.722. The van der Waals surface area contributed by atoms with Gasteiger partial charge in [0.05, 0.1) is 13.2 Å². The lowest BCUT2D eigenvalue weighted by Crippen LogP contribution is -2.48. The van der Waals surface area contributed by atoms with Gasteiger partial charge in [0.2, 0.25) is 0 Å². The lowest BCUT2D eigenvalue weighted by Gasteiger charge is -2.46. The summed E-state index contributed by atoms with van der Waals surface area (Å²) in [5.74, 6) is -0.184. The number of rotatable bonds is 6. The second-order valence-electron chi connectivity index (χ2n) is 8.06. The number of methoxy groups -OCH3 is 1. The van der Waals surface area contributed by atoms with Gasteiger partial charge in [-0.25, -0.2) is 0 Å². The van der Waals surface area contributed by atoms with Crippen LogP contribution in [0.1, 0.15) is 74.1 Å². The Kier molecular flexibility index (Phi) is 7.06. The molecule has 2 atom stereocenters. The Balaban J connectivity index is 3.81. The smallest absolute Gasteiger partial charge is 0.318 e. The van der Waals surface area contributed by atoms with Gasteiger partial charge in [-0.3, -0.25) is 4.79 Å². The summed E-state index contributed by atoms with van der Waals surface area (Å²) in [7, 11) is 2.07. The molecule has 138 valence electrons. The van der Waals surface area contributed by atoms with Crippen LogP contribution in [-0.2, 0) is 14.0 Å². The number of carbonyl (C=O) groups excluding carboxylic acids is 1. The molecule has 0 N–H and O–H groups in total. The zero-order valence-electron chi connectivity index (χ0n) is 17.1. The van der Waals surface area contributed by atoms with Crippen molar-refractivity contribution in [1.29, 1.82) is 0 Å². The molecule has 0 heterocycles. The molecule has 0 amide bonds. The number of carbonyl (C=O) groups is 1. The van der Waals surface area contributed by atoms with E-state index in [1.54, 1.807) is 0 Å². The third-order valence-electron chi connectivity index (χ3n) is 5.31. The molecule has 1 rings (SSSR count). The predicted molar refractivity (Wildman–Crippen MR) is 104 cm³/mol. The Morgan fingerprint density at radius 1 is 1.21 bits per heavy atom. The first-order valence-electron chi connectivity index (χ1n) is 9.16. The van der Waals surface area contributed by atoms with E-state index in [1.165, 1.54) is 23.8 Å². The van der Waals surface area contributed by atoms with Crippen LogP contribution < -0.4 is 0 Å². The number of hydrogen-bond acceptors (Lipinski definition) is 3. The number of ether oxygens (including phenoxy) is 1. The van der Waals surface area contributed by atoms with Gasteiger partial charge in [-0.05, 0) is 48.8 Å². The van der Waals surface area contributed by atoms with Crippen molar-refractivity contribution in [2.45, 2.75) is 80.3 Å².